The Balaban J connectivity index is 1.63. The number of nitrogens with one attached hydrogen (secondary N) is 1. The minimum absolute atomic E-state index is 0.233. The normalized spacial score (nSPS) is 10.9. The summed E-state index contributed by atoms with van der Waals surface area (Å²) in [5.74, 6) is 0.612. The predicted octanol–water partition coefficient (Wildman–Crippen LogP) is 3.20. The van der Waals surface area contributed by atoms with Crippen LogP contribution in [-0.4, -0.2) is 39.5 Å². The zero-order valence-electron chi connectivity index (χ0n) is 17.6. The maximum absolute atomic E-state index is 13.0. The third-order valence-electron chi connectivity index (χ3n) is 4.95. The van der Waals surface area contributed by atoms with E-state index in [0.29, 0.717) is 33.2 Å². The van der Waals surface area contributed by atoms with Crippen LogP contribution in [0.15, 0.2) is 53.7 Å². The quantitative estimate of drug-likeness (QED) is 0.481. The Morgan fingerprint density at radius 2 is 1.97 bits per heavy atom. The number of aryl methyl sites for hydroxylation is 1. The molecule has 10 heteroatoms. The average molecular weight is 454 g/mol. The highest BCUT2D eigenvalue weighted by Crippen LogP contribution is 2.29. The summed E-state index contributed by atoms with van der Waals surface area (Å²) in [6.07, 6.45) is 2.76. The molecule has 0 unspecified atom stereocenters. The van der Waals surface area contributed by atoms with E-state index in [2.05, 4.69) is 15.4 Å². The van der Waals surface area contributed by atoms with Crippen LogP contribution in [0.4, 0.5) is 5.69 Å². The van der Waals surface area contributed by atoms with E-state index >= 15 is 0 Å². The molecule has 0 fully saturated rings. The minimum atomic E-state index is -0.419. The van der Waals surface area contributed by atoms with E-state index in [1.54, 1.807) is 35.0 Å². The lowest BCUT2D eigenvalue weighted by Gasteiger charge is -2.12. The Kier molecular flexibility index (Phi) is 5.83. The van der Waals surface area contributed by atoms with Crippen molar-refractivity contribution in [1.29, 1.82) is 0 Å². The summed E-state index contributed by atoms with van der Waals surface area (Å²) in [4.78, 5) is 29.9. The molecule has 0 aliphatic rings. The zero-order chi connectivity index (χ0) is 22.8. The van der Waals surface area contributed by atoms with E-state index in [0.717, 1.165) is 11.3 Å². The number of carbonyl (C=O) groups is 1. The third-order valence-corrected chi connectivity index (χ3v) is 5.18. The molecule has 4 aromatic rings. The highest BCUT2D eigenvalue weighted by molar-refractivity contribution is 6.30. The largest absolute Gasteiger partial charge is 0.497 e. The number of amides is 1. The first-order valence-corrected chi connectivity index (χ1v) is 10.0. The van der Waals surface area contributed by atoms with Crippen molar-refractivity contribution in [3.05, 3.63) is 69.9 Å². The molecule has 2 aromatic carbocycles. The Morgan fingerprint density at radius 1 is 1.16 bits per heavy atom. The monoisotopic (exact) mass is 453 g/mol. The first-order valence-electron chi connectivity index (χ1n) is 9.63. The Labute approximate surface area is 188 Å². The molecule has 4 rings (SSSR count). The van der Waals surface area contributed by atoms with Crippen LogP contribution in [0.5, 0.6) is 11.5 Å². The van der Waals surface area contributed by atoms with E-state index in [1.807, 2.05) is 13.0 Å². The Morgan fingerprint density at radius 3 is 2.72 bits per heavy atom. The van der Waals surface area contributed by atoms with Crippen LogP contribution < -0.4 is 20.3 Å². The second kappa shape index (κ2) is 8.72. The van der Waals surface area contributed by atoms with E-state index in [4.69, 9.17) is 21.1 Å². The van der Waals surface area contributed by atoms with E-state index in [9.17, 15) is 9.59 Å². The summed E-state index contributed by atoms with van der Waals surface area (Å²) in [5.41, 5.74) is 2.08. The summed E-state index contributed by atoms with van der Waals surface area (Å²) in [6.45, 7) is 1.68. The topological polar surface area (TPSA) is 100 Å². The molecule has 2 aromatic heterocycles. The van der Waals surface area contributed by atoms with E-state index in [1.165, 1.54) is 31.3 Å². The molecule has 164 valence electrons. The van der Waals surface area contributed by atoms with Gasteiger partial charge in [-0.2, -0.15) is 5.10 Å². The van der Waals surface area contributed by atoms with Gasteiger partial charge in [-0.3, -0.25) is 14.2 Å². The van der Waals surface area contributed by atoms with Crippen molar-refractivity contribution in [2.45, 2.75) is 13.5 Å². The van der Waals surface area contributed by atoms with Crippen LogP contribution in [0, 0.1) is 6.92 Å². The summed E-state index contributed by atoms with van der Waals surface area (Å²) in [5, 5.41) is 7.89. The maximum atomic E-state index is 13.0. The molecule has 0 saturated heterocycles. The van der Waals surface area contributed by atoms with Gasteiger partial charge in [0.2, 0.25) is 5.91 Å². The van der Waals surface area contributed by atoms with Gasteiger partial charge in [0, 0.05) is 11.1 Å². The summed E-state index contributed by atoms with van der Waals surface area (Å²) < 4.78 is 13.2. The number of methoxy groups -OCH3 is 2. The second-order valence-corrected chi connectivity index (χ2v) is 7.45. The van der Waals surface area contributed by atoms with E-state index in [-0.39, 0.29) is 12.1 Å². The molecule has 1 amide bonds. The number of carbonyl (C=O) groups excluding carboxylic acids is 1. The molecule has 2 heterocycles. The fourth-order valence-electron chi connectivity index (χ4n) is 3.30. The Bertz CT molecular complexity index is 1380. The number of hydrogen-bond donors (Lipinski definition) is 1. The molecule has 32 heavy (non-hydrogen) atoms. The van der Waals surface area contributed by atoms with Gasteiger partial charge in [0.05, 0.1) is 31.8 Å². The number of benzene rings is 2. The molecule has 0 spiro atoms. The molecule has 0 atom stereocenters. The van der Waals surface area contributed by atoms with Crippen molar-refractivity contribution in [3.8, 4) is 17.2 Å². The van der Waals surface area contributed by atoms with Gasteiger partial charge in [-0.1, -0.05) is 17.7 Å². The average Bonchev–Trinajstić information content (AvgIpc) is 3.22. The summed E-state index contributed by atoms with van der Waals surface area (Å²) in [7, 11) is 3.03. The molecule has 0 saturated carbocycles. The van der Waals surface area contributed by atoms with Crippen molar-refractivity contribution in [1.82, 2.24) is 19.3 Å². The lowest BCUT2D eigenvalue weighted by atomic mass is 10.2. The van der Waals surface area contributed by atoms with Crippen LogP contribution in [0.25, 0.3) is 16.7 Å². The highest BCUT2D eigenvalue weighted by Gasteiger charge is 2.16. The standard InChI is InChI=1S/C22H20ClN5O4/c1-13-4-5-14(23)8-18(13)28-21-16(10-25-28)22(30)27(12-24-21)11-20(29)26-17-9-15(31-2)6-7-19(17)32-3/h4-10,12H,11H2,1-3H3,(H,26,29). The van der Waals surface area contributed by atoms with Gasteiger partial charge in [0.15, 0.2) is 5.65 Å². The van der Waals surface area contributed by atoms with Crippen LogP contribution in [-0.2, 0) is 11.3 Å². The van der Waals surface area contributed by atoms with Gasteiger partial charge in [-0.25, -0.2) is 9.67 Å². The van der Waals surface area contributed by atoms with Crippen LogP contribution >= 0.6 is 11.6 Å². The summed E-state index contributed by atoms with van der Waals surface area (Å²) >= 11 is 6.12. The lowest BCUT2D eigenvalue weighted by molar-refractivity contribution is -0.116. The zero-order valence-corrected chi connectivity index (χ0v) is 18.4. The second-order valence-electron chi connectivity index (χ2n) is 7.02. The number of hydrogen-bond acceptors (Lipinski definition) is 6. The molecular formula is C22H20ClN5O4. The van der Waals surface area contributed by atoms with Crippen molar-refractivity contribution >= 4 is 34.2 Å². The molecule has 0 aliphatic heterocycles. The number of anilines is 1. The first-order chi connectivity index (χ1) is 15.4. The molecule has 0 radical (unpaired) electrons. The predicted molar refractivity (Wildman–Crippen MR) is 121 cm³/mol. The third kappa shape index (κ3) is 4.02. The van der Waals surface area contributed by atoms with Gasteiger partial charge in [0.1, 0.15) is 29.8 Å². The minimum Gasteiger partial charge on any atom is -0.497 e. The van der Waals surface area contributed by atoms with Gasteiger partial charge in [-0.15, -0.1) is 0 Å². The fraction of sp³-hybridized carbons (Fsp3) is 0.182. The number of rotatable bonds is 6. The lowest BCUT2D eigenvalue weighted by Crippen LogP contribution is -2.28. The van der Waals surface area contributed by atoms with Crippen LogP contribution in [0.3, 0.4) is 0 Å². The van der Waals surface area contributed by atoms with Gasteiger partial charge in [0.25, 0.3) is 5.56 Å². The number of halogens is 1. The molecular weight excluding hydrogens is 434 g/mol. The number of nitrogens with zero attached hydrogens (tertiary/aromatic N) is 4. The van der Waals surface area contributed by atoms with Gasteiger partial charge >= 0.3 is 0 Å². The molecule has 1 N–H and O–H groups in total. The SMILES string of the molecule is COc1ccc(OC)c(NC(=O)Cn2cnc3c(cnn3-c3cc(Cl)ccc3C)c2=O)c1. The van der Waals surface area contributed by atoms with Gasteiger partial charge < -0.3 is 14.8 Å². The number of fused-ring (bicyclic) bond motifs is 1. The number of ether oxygens (including phenoxy) is 2. The fourth-order valence-corrected chi connectivity index (χ4v) is 3.47. The number of aromatic nitrogens is 4. The van der Waals surface area contributed by atoms with Crippen molar-refractivity contribution < 1.29 is 14.3 Å². The van der Waals surface area contributed by atoms with Crippen molar-refractivity contribution in [3.63, 3.8) is 0 Å². The van der Waals surface area contributed by atoms with Crippen molar-refractivity contribution in [2.75, 3.05) is 19.5 Å². The molecule has 9 nitrogen and oxygen atoms in total. The van der Waals surface area contributed by atoms with Crippen LogP contribution in [0.2, 0.25) is 5.02 Å². The highest BCUT2D eigenvalue weighted by atomic mass is 35.5. The first kappa shape index (κ1) is 21.4. The van der Waals surface area contributed by atoms with Crippen molar-refractivity contribution in [2.24, 2.45) is 0 Å². The summed E-state index contributed by atoms with van der Waals surface area (Å²) in [6, 6.07) is 10.4. The molecule has 0 bridgehead atoms. The van der Waals surface area contributed by atoms with Crippen LogP contribution in [0.1, 0.15) is 5.56 Å². The molecule has 0 aliphatic carbocycles. The van der Waals surface area contributed by atoms with Gasteiger partial charge in [-0.05, 0) is 36.8 Å². The Hall–Kier alpha value is -3.85. The van der Waals surface area contributed by atoms with E-state index < -0.39 is 5.91 Å². The maximum Gasteiger partial charge on any atom is 0.264 e. The smallest absolute Gasteiger partial charge is 0.264 e.